The fourth-order valence-electron chi connectivity index (χ4n) is 3.43. The number of halogens is 3. The van der Waals surface area contributed by atoms with E-state index in [9.17, 15) is 4.79 Å². The molecule has 5 heteroatoms. The summed E-state index contributed by atoms with van der Waals surface area (Å²) in [4.78, 5) is 14.9. The predicted octanol–water partition coefficient (Wildman–Crippen LogP) is 5.60. The maximum atomic E-state index is 12.5. The monoisotopic (exact) mass is 457 g/mol. The zero-order valence-corrected chi connectivity index (χ0v) is 18.2. The molecule has 2 nitrogen and oxygen atoms in total. The number of Topliss-reactive ketones (excluding diaryl/α,β-unsaturated/α-hetero) is 1. The molecular formula is C21H26BrCl2NO. The Labute approximate surface area is 177 Å². The first kappa shape index (κ1) is 23.2. The van der Waals surface area contributed by atoms with E-state index in [0.29, 0.717) is 6.42 Å². The Morgan fingerprint density at radius 1 is 1.04 bits per heavy atom. The Bertz CT molecular complexity index is 715. The Morgan fingerprint density at radius 3 is 2.38 bits per heavy atom. The molecule has 0 unspecified atom stereocenters. The molecule has 26 heavy (non-hydrogen) atoms. The van der Waals surface area contributed by atoms with Crippen LogP contribution in [0.3, 0.4) is 0 Å². The smallest absolute Gasteiger partial charge is 0.168 e. The third kappa shape index (κ3) is 6.38. The number of hydrogen-bond acceptors (Lipinski definition) is 2. The highest BCUT2D eigenvalue weighted by atomic mass is 79.9. The minimum Gasteiger partial charge on any atom is -0.306 e. The molecule has 2 aromatic rings. The van der Waals surface area contributed by atoms with E-state index in [0.717, 1.165) is 27.9 Å². The summed E-state index contributed by atoms with van der Waals surface area (Å²) in [7, 11) is 2.20. The molecule has 0 aliphatic carbocycles. The van der Waals surface area contributed by atoms with Crippen LogP contribution in [-0.4, -0.2) is 30.8 Å². The van der Waals surface area contributed by atoms with E-state index in [4.69, 9.17) is 0 Å². The average Bonchev–Trinajstić information content (AvgIpc) is 2.58. The second-order valence-electron chi connectivity index (χ2n) is 6.85. The second kappa shape index (κ2) is 11.1. The van der Waals surface area contributed by atoms with Crippen LogP contribution < -0.4 is 0 Å². The fraction of sp³-hybridized carbons (Fsp3) is 0.381. The third-order valence-corrected chi connectivity index (χ3v) is 5.58. The number of piperidine rings is 1. The molecule has 0 N–H and O–H groups in total. The molecule has 1 aliphatic heterocycles. The number of likely N-dealkylation sites (tertiary alicyclic amines) is 1. The zero-order valence-electron chi connectivity index (χ0n) is 15.0. The van der Waals surface area contributed by atoms with Gasteiger partial charge < -0.3 is 4.90 Å². The van der Waals surface area contributed by atoms with Crippen LogP contribution in [0.4, 0.5) is 0 Å². The minimum absolute atomic E-state index is 0. The molecule has 0 atom stereocenters. The number of rotatable bonds is 5. The normalized spacial score (nSPS) is 15.0. The van der Waals surface area contributed by atoms with Crippen molar-refractivity contribution in [1.82, 2.24) is 4.90 Å². The lowest BCUT2D eigenvalue weighted by Gasteiger charge is -2.29. The lowest BCUT2D eigenvalue weighted by molar-refractivity contribution is 0.0992. The molecule has 0 aromatic heterocycles. The SMILES string of the molecule is CN1CCC(Cc2cccc(CC(=O)c3ccccc3Br)c2)CC1.Cl.Cl. The lowest BCUT2D eigenvalue weighted by Crippen LogP contribution is -2.30. The van der Waals surface area contributed by atoms with Crippen LogP contribution in [0.5, 0.6) is 0 Å². The minimum atomic E-state index is 0. The van der Waals surface area contributed by atoms with Gasteiger partial charge >= 0.3 is 0 Å². The topological polar surface area (TPSA) is 20.3 Å². The largest absolute Gasteiger partial charge is 0.306 e. The van der Waals surface area contributed by atoms with Crippen LogP contribution >= 0.6 is 40.7 Å². The zero-order chi connectivity index (χ0) is 16.9. The molecule has 1 saturated heterocycles. The van der Waals surface area contributed by atoms with Crippen molar-refractivity contribution in [2.45, 2.75) is 25.7 Å². The molecule has 3 rings (SSSR count). The molecule has 0 saturated carbocycles. The van der Waals surface area contributed by atoms with E-state index in [1.165, 1.54) is 31.5 Å². The van der Waals surface area contributed by atoms with E-state index >= 15 is 0 Å². The quantitative estimate of drug-likeness (QED) is 0.543. The summed E-state index contributed by atoms with van der Waals surface area (Å²) >= 11 is 3.47. The van der Waals surface area contributed by atoms with Gasteiger partial charge in [0.1, 0.15) is 0 Å². The van der Waals surface area contributed by atoms with Gasteiger partial charge in [-0.3, -0.25) is 4.79 Å². The highest BCUT2D eigenvalue weighted by molar-refractivity contribution is 9.10. The van der Waals surface area contributed by atoms with Crippen LogP contribution in [0.2, 0.25) is 0 Å². The third-order valence-electron chi connectivity index (χ3n) is 4.89. The lowest BCUT2D eigenvalue weighted by atomic mass is 9.89. The number of ketones is 1. The number of hydrogen-bond donors (Lipinski definition) is 0. The Balaban J connectivity index is 0.00000169. The highest BCUT2D eigenvalue weighted by Crippen LogP contribution is 2.22. The first-order valence-corrected chi connectivity index (χ1v) is 9.45. The number of carbonyl (C=O) groups is 1. The first-order valence-electron chi connectivity index (χ1n) is 8.66. The molecule has 0 spiro atoms. The van der Waals surface area contributed by atoms with Gasteiger partial charge in [0.25, 0.3) is 0 Å². The van der Waals surface area contributed by atoms with Crippen LogP contribution in [-0.2, 0) is 12.8 Å². The molecule has 142 valence electrons. The number of benzene rings is 2. The Hall–Kier alpha value is -0.870. The van der Waals surface area contributed by atoms with Crippen molar-refractivity contribution in [3.05, 3.63) is 69.7 Å². The summed E-state index contributed by atoms with van der Waals surface area (Å²) in [5.41, 5.74) is 3.24. The molecule has 1 heterocycles. The Kier molecular flexibility index (Phi) is 9.88. The van der Waals surface area contributed by atoms with Crippen LogP contribution in [0.25, 0.3) is 0 Å². The summed E-state index contributed by atoms with van der Waals surface area (Å²) in [6.07, 6.45) is 4.14. The molecular weight excluding hydrogens is 433 g/mol. The van der Waals surface area contributed by atoms with Crippen molar-refractivity contribution < 1.29 is 4.79 Å². The summed E-state index contributed by atoms with van der Waals surface area (Å²) in [5, 5.41) is 0. The van der Waals surface area contributed by atoms with Crippen molar-refractivity contribution in [2.24, 2.45) is 5.92 Å². The van der Waals surface area contributed by atoms with Crippen molar-refractivity contribution in [3.63, 3.8) is 0 Å². The van der Waals surface area contributed by atoms with Crippen molar-refractivity contribution in [3.8, 4) is 0 Å². The number of nitrogens with zero attached hydrogens (tertiary/aromatic N) is 1. The Morgan fingerprint density at radius 2 is 1.69 bits per heavy atom. The summed E-state index contributed by atoms with van der Waals surface area (Å²) in [6.45, 7) is 2.40. The summed E-state index contributed by atoms with van der Waals surface area (Å²) < 4.78 is 0.873. The van der Waals surface area contributed by atoms with Crippen molar-refractivity contribution in [1.29, 1.82) is 0 Å². The standard InChI is InChI=1S/C21H24BrNO.2ClH/c1-23-11-9-16(10-12-23)13-17-5-4-6-18(14-17)15-21(24)19-7-2-3-8-20(19)22;;/h2-8,14,16H,9-13,15H2,1H3;2*1H. The van der Waals surface area contributed by atoms with Crippen LogP contribution in [0.1, 0.15) is 34.3 Å². The maximum Gasteiger partial charge on any atom is 0.168 e. The predicted molar refractivity (Wildman–Crippen MR) is 117 cm³/mol. The molecule has 0 bridgehead atoms. The van der Waals surface area contributed by atoms with Gasteiger partial charge in [0, 0.05) is 16.5 Å². The van der Waals surface area contributed by atoms with E-state index < -0.39 is 0 Å². The molecule has 0 amide bonds. The van der Waals surface area contributed by atoms with Crippen molar-refractivity contribution >= 4 is 46.5 Å². The summed E-state index contributed by atoms with van der Waals surface area (Å²) in [5.74, 6) is 0.939. The number of carbonyl (C=O) groups excluding carboxylic acids is 1. The van der Waals surface area contributed by atoms with Gasteiger partial charge in [-0.05, 0) is 62.5 Å². The van der Waals surface area contributed by atoms with E-state index in [2.05, 4.69) is 52.1 Å². The van der Waals surface area contributed by atoms with Gasteiger partial charge in [0.05, 0.1) is 0 Å². The van der Waals surface area contributed by atoms with Crippen LogP contribution in [0, 0.1) is 5.92 Å². The highest BCUT2D eigenvalue weighted by Gasteiger charge is 2.17. The molecule has 0 radical (unpaired) electrons. The summed E-state index contributed by atoms with van der Waals surface area (Å²) in [6, 6.07) is 16.2. The molecule has 1 aliphatic rings. The van der Waals surface area contributed by atoms with Crippen LogP contribution in [0.15, 0.2) is 53.0 Å². The van der Waals surface area contributed by atoms with Gasteiger partial charge in [-0.2, -0.15) is 0 Å². The van der Waals surface area contributed by atoms with Gasteiger partial charge in [-0.25, -0.2) is 0 Å². The van der Waals surface area contributed by atoms with E-state index in [-0.39, 0.29) is 30.6 Å². The van der Waals surface area contributed by atoms with Gasteiger partial charge in [0.2, 0.25) is 0 Å². The van der Waals surface area contributed by atoms with E-state index in [1.54, 1.807) is 0 Å². The van der Waals surface area contributed by atoms with Gasteiger partial charge in [-0.15, -0.1) is 24.8 Å². The van der Waals surface area contributed by atoms with Gasteiger partial charge in [-0.1, -0.05) is 58.4 Å². The fourth-order valence-corrected chi connectivity index (χ4v) is 3.94. The maximum absolute atomic E-state index is 12.5. The van der Waals surface area contributed by atoms with E-state index in [1.807, 2.05) is 24.3 Å². The second-order valence-corrected chi connectivity index (χ2v) is 7.70. The first-order chi connectivity index (χ1) is 11.6. The van der Waals surface area contributed by atoms with Gasteiger partial charge in [0.15, 0.2) is 5.78 Å². The average molecular weight is 459 g/mol. The van der Waals surface area contributed by atoms with Crippen molar-refractivity contribution in [2.75, 3.05) is 20.1 Å². The molecule has 1 fully saturated rings. The molecule has 2 aromatic carbocycles.